The highest BCUT2D eigenvalue weighted by molar-refractivity contribution is 7.09. The van der Waals surface area contributed by atoms with Crippen molar-refractivity contribution < 1.29 is 0 Å². The van der Waals surface area contributed by atoms with Gasteiger partial charge in [-0.05, 0) is 12.8 Å². The molecule has 0 saturated carbocycles. The van der Waals surface area contributed by atoms with Gasteiger partial charge in [-0.15, -0.1) is 0 Å². The number of hydrogen-bond acceptors (Lipinski definition) is 8. The molecule has 1 unspecified atom stereocenters. The van der Waals surface area contributed by atoms with E-state index in [1.807, 2.05) is 25.1 Å². The van der Waals surface area contributed by atoms with Crippen LogP contribution in [0.1, 0.15) is 38.4 Å². The Kier molecular flexibility index (Phi) is 5.13. The predicted molar refractivity (Wildman–Crippen MR) is 99.2 cm³/mol. The lowest BCUT2D eigenvalue weighted by Gasteiger charge is -2.33. The summed E-state index contributed by atoms with van der Waals surface area (Å²) >= 11 is 1.50. The van der Waals surface area contributed by atoms with Gasteiger partial charge in [0, 0.05) is 56.7 Å². The standard InChI is InChI=1S/C16H25N7S/c1-11(2)15-20-16(24-21-15)23-7-5-6-12(9-23)19-13-8-14(22(3)4)18-10-17-13/h8,10-12H,5-7,9H2,1-4H3,(H,17,18,19). The molecule has 0 amide bonds. The smallest absolute Gasteiger partial charge is 0.205 e. The van der Waals surface area contributed by atoms with Crippen LogP contribution in [-0.2, 0) is 0 Å². The average Bonchev–Trinajstić information content (AvgIpc) is 3.06. The highest BCUT2D eigenvalue weighted by Gasteiger charge is 2.23. The average molecular weight is 347 g/mol. The normalized spacial score (nSPS) is 18.0. The number of aromatic nitrogens is 4. The zero-order valence-electron chi connectivity index (χ0n) is 14.7. The highest BCUT2D eigenvalue weighted by atomic mass is 32.1. The fraction of sp³-hybridized carbons (Fsp3) is 0.625. The second kappa shape index (κ2) is 7.29. The van der Waals surface area contributed by atoms with Crippen LogP contribution in [-0.4, -0.2) is 52.6 Å². The van der Waals surface area contributed by atoms with Crippen molar-refractivity contribution in [2.24, 2.45) is 0 Å². The fourth-order valence-electron chi connectivity index (χ4n) is 2.74. The molecular weight excluding hydrogens is 322 g/mol. The molecular formula is C16H25N7S. The Balaban J connectivity index is 1.66. The molecule has 0 aromatic carbocycles. The maximum atomic E-state index is 4.69. The summed E-state index contributed by atoms with van der Waals surface area (Å²) in [4.78, 5) is 17.6. The molecule has 1 N–H and O–H groups in total. The van der Waals surface area contributed by atoms with E-state index >= 15 is 0 Å². The molecule has 0 bridgehead atoms. The summed E-state index contributed by atoms with van der Waals surface area (Å²) < 4.78 is 4.47. The molecule has 2 aromatic rings. The Morgan fingerprint density at radius 3 is 2.88 bits per heavy atom. The molecule has 24 heavy (non-hydrogen) atoms. The van der Waals surface area contributed by atoms with Gasteiger partial charge in [0.25, 0.3) is 0 Å². The molecule has 0 spiro atoms. The number of nitrogens with one attached hydrogen (secondary N) is 1. The Morgan fingerprint density at radius 1 is 1.33 bits per heavy atom. The van der Waals surface area contributed by atoms with Gasteiger partial charge in [-0.2, -0.15) is 4.37 Å². The topological polar surface area (TPSA) is 70.1 Å². The lowest BCUT2D eigenvalue weighted by atomic mass is 10.1. The number of rotatable bonds is 5. The van der Waals surface area contributed by atoms with E-state index < -0.39 is 0 Å². The third kappa shape index (κ3) is 3.92. The summed E-state index contributed by atoms with van der Waals surface area (Å²) in [6.45, 7) is 6.22. The largest absolute Gasteiger partial charge is 0.365 e. The van der Waals surface area contributed by atoms with Crippen molar-refractivity contribution in [2.75, 3.05) is 42.3 Å². The summed E-state index contributed by atoms with van der Waals surface area (Å²) in [5, 5.41) is 4.57. The number of piperidine rings is 1. The monoisotopic (exact) mass is 347 g/mol. The van der Waals surface area contributed by atoms with Crippen molar-refractivity contribution in [1.82, 2.24) is 19.3 Å². The summed E-state index contributed by atoms with van der Waals surface area (Å²) in [7, 11) is 3.96. The van der Waals surface area contributed by atoms with E-state index in [0.29, 0.717) is 12.0 Å². The molecule has 2 aromatic heterocycles. The molecule has 1 aliphatic heterocycles. The second-order valence-electron chi connectivity index (χ2n) is 6.68. The zero-order valence-corrected chi connectivity index (χ0v) is 15.5. The molecule has 7 nitrogen and oxygen atoms in total. The van der Waals surface area contributed by atoms with Crippen molar-refractivity contribution in [3.63, 3.8) is 0 Å². The predicted octanol–water partition coefficient (Wildman–Crippen LogP) is 2.60. The number of hydrogen-bond donors (Lipinski definition) is 1. The van der Waals surface area contributed by atoms with E-state index in [0.717, 1.165) is 48.5 Å². The minimum Gasteiger partial charge on any atom is -0.365 e. The third-order valence-corrected chi connectivity index (χ3v) is 4.89. The first-order valence-electron chi connectivity index (χ1n) is 8.37. The van der Waals surface area contributed by atoms with Gasteiger partial charge in [0.15, 0.2) is 0 Å². The molecule has 1 atom stereocenters. The molecule has 0 radical (unpaired) electrons. The van der Waals surface area contributed by atoms with Gasteiger partial charge in [-0.1, -0.05) is 13.8 Å². The van der Waals surface area contributed by atoms with Crippen LogP contribution in [0.25, 0.3) is 0 Å². The van der Waals surface area contributed by atoms with Crippen LogP contribution in [0.3, 0.4) is 0 Å². The Morgan fingerprint density at radius 2 is 2.17 bits per heavy atom. The SMILES string of the molecule is CC(C)c1nsc(N2CCCC(Nc3cc(N(C)C)ncn3)C2)n1. The zero-order chi connectivity index (χ0) is 17.1. The molecule has 1 saturated heterocycles. The quantitative estimate of drug-likeness (QED) is 0.891. The van der Waals surface area contributed by atoms with Crippen molar-refractivity contribution in [3.05, 3.63) is 18.2 Å². The number of nitrogens with zero attached hydrogens (tertiary/aromatic N) is 6. The Labute approximate surface area is 147 Å². The summed E-state index contributed by atoms with van der Waals surface area (Å²) in [6, 6.07) is 2.34. The molecule has 3 heterocycles. The summed E-state index contributed by atoms with van der Waals surface area (Å²) in [6.07, 6.45) is 3.88. The van der Waals surface area contributed by atoms with E-state index in [1.54, 1.807) is 6.33 Å². The van der Waals surface area contributed by atoms with Crippen LogP contribution >= 0.6 is 11.5 Å². The van der Waals surface area contributed by atoms with E-state index in [2.05, 4.69) is 43.4 Å². The van der Waals surface area contributed by atoms with Gasteiger partial charge in [0.1, 0.15) is 23.8 Å². The van der Waals surface area contributed by atoms with Crippen molar-refractivity contribution in [1.29, 1.82) is 0 Å². The summed E-state index contributed by atoms with van der Waals surface area (Å²) in [5.74, 6) is 3.10. The van der Waals surface area contributed by atoms with Gasteiger partial charge < -0.3 is 15.1 Å². The van der Waals surface area contributed by atoms with Crippen LogP contribution in [0.2, 0.25) is 0 Å². The van der Waals surface area contributed by atoms with Gasteiger partial charge in [-0.3, -0.25) is 0 Å². The first-order valence-corrected chi connectivity index (χ1v) is 9.14. The van der Waals surface area contributed by atoms with Crippen LogP contribution < -0.4 is 15.1 Å². The fourth-order valence-corrected chi connectivity index (χ4v) is 3.58. The van der Waals surface area contributed by atoms with E-state index in [9.17, 15) is 0 Å². The van der Waals surface area contributed by atoms with E-state index in [1.165, 1.54) is 11.5 Å². The van der Waals surface area contributed by atoms with Crippen molar-refractivity contribution >= 4 is 28.3 Å². The maximum Gasteiger partial charge on any atom is 0.205 e. The van der Waals surface area contributed by atoms with Crippen molar-refractivity contribution in [3.8, 4) is 0 Å². The molecule has 1 aliphatic rings. The van der Waals surface area contributed by atoms with Crippen LogP contribution in [0.4, 0.5) is 16.8 Å². The molecule has 130 valence electrons. The first-order chi connectivity index (χ1) is 11.5. The van der Waals surface area contributed by atoms with Crippen LogP contribution in [0.5, 0.6) is 0 Å². The van der Waals surface area contributed by atoms with Crippen LogP contribution in [0.15, 0.2) is 12.4 Å². The lowest BCUT2D eigenvalue weighted by Crippen LogP contribution is -2.42. The van der Waals surface area contributed by atoms with E-state index in [-0.39, 0.29) is 0 Å². The minimum absolute atomic E-state index is 0.357. The van der Waals surface area contributed by atoms with Gasteiger partial charge in [0.05, 0.1) is 0 Å². The second-order valence-corrected chi connectivity index (χ2v) is 7.41. The van der Waals surface area contributed by atoms with Gasteiger partial charge in [0.2, 0.25) is 5.13 Å². The third-order valence-electron chi connectivity index (χ3n) is 4.10. The van der Waals surface area contributed by atoms with Gasteiger partial charge in [-0.25, -0.2) is 15.0 Å². The van der Waals surface area contributed by atoms with Crippen LogP contribution in [0, 0.1) is 0 Å². The number of anilines is 3. The first kappa shape index (κ1) is 16.9. The lowest BCUT2D eigenvalue weighted by molar-refractivity contribution is 0.527. The highest BCUT2D eigenvalue weighted by Crippen LogP contribution is 2.25. The van der Waals surface area contributed by atoms with Gasteiger partial charge >= 0.3 is 0 Å². The minimum atomic E-state index is 0.357. The molecule has 3 rings (SSSR count). The van der Waals surface area contributed by atoms with Crippen molar-refractivity contribution in [2.45, 2.75) is 38.6 Å². The maximum absolute atomic E-state index is 4.69. The Bertz CT molecular complexity index is 670. The summed E-state index contributed by atoms with van der Waals surface area (Å²) in [5.41, 5.74) is 0. The van der Waals surface area contributed by atoms with E-state index in [4.69, 9.17) is 0 Å². The molecule has 0 aliphatic carbocycles. The molecule has 1 fully saturated rings. The Hall–Kier alpha value is -1.96. The molecule has 8 heteroatoms.